The number of nitrogens with two attached hydrogens (primary N) is 1. The lowest BCUT2D eigenvalue weighted by atomic mass is 10.2. The van der Waals surface area contributed by atoms with Crippen LogP contribution in [0.2, 0.25) is 0 Å². The van der Waals surface area contributed by atoms with Crippen molar-refractivity contribution in [2.75, 3.05) is 26.6 Å². The van der Waals surface area contributed by atoms with E-state index in [2.05, 4.69) is 26.2 Å². The van der Waals surface area contributed by atoms with E-state index < -0.39 is 0 Å². The van der Waals surface area contributed by atoms with Crippen LogP contribution in [0.5, 0.6) is 17.2 Å². The Labute approximate surface area is 172 Å². The molecule has 0 aliphatic heterocycles. The fourth-order valence-electron chi connectivity index (χ4n) is 2.11. The SMILES string of the molecule is COc1ccccc1NC(N)=NCc1cc(OC)c(OC)cc1Br.I. The minimum absolute atomic E-state index is 0. The second kappa shape index (κ2) is 10.3. The molecule has 3 N–H and O–H groups in total. The van der Waals surface area contributed by atoms with Crippen LogP contribution in [0.3, 0.4) is 0 Å². The van der Waals surface area contributed by atoms with Crippen molar-refractivity contribution in [3.05, 3.63) is 46.4 Å². The summed E-state index contributed by atoms with van der Waals surface area (Å²) in [6.07, 6.45) is 0. The van der Waals surface area contributed by atoms with Gasteiger partial charge in [-0.3, -0.25) is 0 Å². The molecule has 0 unspecified atom stereocenters. The van der Waals surface area contributed by atoms with Gasteiger partial charge in [-0.05, 0) is 29.8 Å². The zero-order valence-electron chi connectivity index (χ0n) is 14.2. The Morgan fingerprint density at radius 1 is 1.04 bits per heavy atom. The summed E-state index contributed by atoms with van der Waals surface area (Å²) < 4.78 is 16.7. The van der Waals surface area contributed by atoms with E-state index in [-0.39, 0.29) is 24.0 Å². The van der Waals surface area contributed by atoms with Crippen molar-refractivity contribution in [3.8, 4) is 17.2 Å². The Morgan fingerprint density at radius 2 is 1.64 bits per heavy atom. The highest BCUT2D eigenvalue weighted by atomic mass is 127. The van der Waals surface area contributed by atoms with Gasteiger partial charge in [-0.15, -0.1) is 24.0 Å². The second-order valence-electron chi connectivity index (χ2n) is 4.83. The Bertz CT molecular complexity index is 741. The Morgan fingerprint density at radius 3 is 2.28 bits per heavy atom. The average Bonchev–Trinajstić information content (AvgIpc) is 2.60. The monoisotopic (exact) mass is 521 g/mol. The number of para-hydroxylation sites is 2. The van der Waals surface area contributed by atoms with Crippen molar-refractivity contribution in [1.82, 2.24) is 0 Å². The number of guanidine groups is 1. The molecular weight excluding hydrogens is 501 g/mol. The molecule has 0 amide bonds. The topological polar surface area (TPSA) is 78.1 Å². The number of hydrogen-bond acceptors (Lipinski definition) is 4. The van der Waals surface area contributed by atoms with E-state index in [1.54, 1.807) is 21.3 Å². The summed E-state index contributed by atoms with van der Waals surface area (Å²) in [5.74, 6) is 2.28. The van der Waals surface area contributed by atoms with Gasteiger partial charge >= 0.3 is 0 Å². The Kier molecular flexibility index (Phi) is 8.84. The van der Waals surface area contributed by atoms with E-state index in [1.165, 1.54) is 0 Å². The summed E-state index contributed by atoms with van der Waals surface area (Å²) in [5.41, 5.74) is 7.65. The van der Waals surface area contributed by atoms with E-state index in [9.17, 15) is 0 Å². The van der Waals surface area contributed by atoms with Crippen LogP contribution in [0, 0.1) is 0 Å². The molecule has 2 aromatic rings. The van der Waals surface area contributed by atoms with E-state index >= 15 is 0 Å². The summed E-state index contributed by atoms with van der Waals surface area (Å²) in [7, 11) is 4.79. The van der Waals surface area contributed by atoms with Crippen molar-refractivity contribution in [2.24, 2.45) is 10.7 Å². The van der Waals surface area contributed by atoms with Crippen LogP contribution >= 0.6 is 39.9 Å². The summed E-state index contributed by atoms with van der Waals surface area (Å²) in [5, 5.41) is 3.03. The molecule has 0 heterocycles. The molecule has 0 spiro atoms. The molecule has 2 aromatic carbocycles. The first-order chi connectivity index (χ1) is 11.6. The van der Waals surface area contributed by atoms with Gasteiger partial charge in [0.05, 0.1) is 33.6 Å². The van der Waals surface area contributed by atoms with Gasteiger partial charge in [0.25, 0.3) is 0 Å². The number of halogens is 2. The Hall–Kier alpha value is -1.68. The minimum Gasteiger partial charge on any atom is -0.495 e. The normalized spacial score (nSPS) is 10.6. The number of benzene rings is 2. The standard InChI is InChI=1S/C17H20BrN3O3.HI/c1-22-14-7-5-4-6-13(14)21-17(19)20-10-11-8-15(23-2)16(24-3)9-12(11)18;/h4-9H,10H2,1-3H3,(H3,19,20,21);1H. The number of hydrogen-bond donors (Lipinski definition) is 2. The lowest BCUT2D eigenvalue weighted by Gasteiger charge is -2.12. The number of rotatable bonds is 6. The quantitative estimate of drug-likeness (QED) is 0.341. The summed E-state index contributed by atoms with van der Waals surface area (Å²) >= 11 is 3.51. The van der Waals surface area contributed by atoms with Crippen LogP contribution in [-0.2, 0) is 6.54 Å². The van der Waals surface area contributed by atoms with Gasteiger partial charge in [0, 0.05) is 4.47 Å². The number of anilines is 1. The van der Waals surface area contributed by atoms with Crippen molar-refractivity contribution in [2.45, 2.75) is 6.54 Å². The molecule has 0 saturated heterocycles. The summed E-state index contributed by atoms with van der Waals surface area (Å²) in [6.45, 7) is 0.384. The molecule has 0 saturated carbocycles. The Balaban J connectivity index is 0.00000312. The van der Waals surface area contributed by atoms with Gasteiger partial charge < -0.3 is 25.3 Å². The van der Waals surface area contributed by atoms with Crippen LogP contribution in [0.4, 0.5) is 5.69 Å². The van der Waals surface area contributed by atoms with Crippen molar-refractivity contribution < 1.29 is 14.2 Å². The summed E-state index contributed by atoms with van der Waals surface area (Å²) in [4.78, 5) is 4.36. The van der Waals surface area contributed by atoms with Gasteiger partial charge in [-0.2, -0.15) is 0 Å². The molecule has 0 bridgehead atoms. The number of methoxy groups -OCH3 is 3. The van der Waals surface area contributed by atoms with Crippen molar-refractivity contribution >= 4 is 51.6 Å². The summed E-state index contributed by atoms with van der Waals surface area (Å²) in [6, 6.07) is 11.2. The predicted octanol–water partition coefficient (Wildman–Crippen LogP) is 4.02. The van der Waals surface area contributed by atoms with Gasteiger partial charge in [0.1, 0.15) is 5.75 Å². The maximum Gasteiger partial charge on any atom is 0.193 e. The van der Waals surface area contributed by atoms with Gasteiger partial charge in [-0.25, -0.2) is 4.99 Å². The van der Waals surface area contributed by atoms with Gasteiger partial charge in [0.15, 0.2) is 17.5 Å². The maximum absolute atomic E-state index is 5.97. The number of nitrogens with zero attached hydrogens (tertiary/aromatic N) is 1. The number of aliphatic imine (C=N–C) groups is 1. The lowest BCUT2D eigenvalue weighted by molar-refractivity contribution is 0.354. The van der Waals surface area contributed by atoms with Crippen LogP contribution in [0.1, 0.15) is 5.56 Å². The molecule has 0 aliphatic rings. The third kappa shape index (κ3) is 5.67. The van der Waals surface area contributed by atoms with Gasteiger partial charge in [0.2, 0.25) is 0 Å². The highest BCUT2D eigenvalue weighted by Gasteiger charge is 2.09. The predicted molar refractivity (Wildman–Crippen MR) is 115 cm³/mol. The highest BCUT2D eigenvalue weighted by Crippen LogP contribution is 2.33. The molecule has 0 radical (unpaired) electrons. The van der Waals surface area contributed by atoms with E-state index in [1.807, 2.05) is 36.4 Å². The first kappa shape index (κ1) is 21.4. The molecule has 0 aromatic heterocycles. The van der Waals surface area contributed by atoms with Gasteiger partial charge in [-0.1, -0.05) is 28.1 Å². The lowest BCUT2D eigenvalue weighted by Crippen LogP contribution is -2.23. The molecule has 8 heteroatoms. The smallest absolute Gasteiger partial charge is 0.193 e. The van der Waals surface area contributed by atoms with E-state index in [0.717, 1.165) is 15.7 Å². The van der Waals surface area contributed by atoms with Crippen molar-refractivity contribution in [3.63, 3.8) is 0 Å². The number of ether oxygens (including phenoxy) is 3. The molecule has 6 nitrogen and oxygen atoms in total. The van der Waals surface area contributed by atoms with Crippen molar-refractivity contribution in [1.29, 1.82) is 0 Å². The number of nitrogens with one attached hydrogen (secondary N) is 1. The highest BCUT2D eigenvalue weighted by molar-refractivity contribution is 14.0. The molecule has 2 rings (SSSR count). The van der Waals surface area contributed by atoms with Crippen LogP contribution in [0.15, 0.2) is 45.9 Å². The molecular formula is C17H21BrIN3O3. The van der Waals surface area contributed by atoms with Crippen LogP contribution in [0.25, 0.3) is 0 Å². The van der Waals surface area contributed by atoms with Crippen LogP contribution < -0.4 is 25.3 Å². The molecule has 0 aliphatic carbocycles. The zero-order valence-corrected chi connectivity index (χ0v) is 18.1. The maximum atomic E-state index is 5.97. The second-order valence-corrected chi connectivity index (χ2v) is 5.68. The zero-order chi connectivity index (χ0) is 17.5. The molecule has 0 atom stereocenters. The fraction of sp³-hybridized carbons (Fsp3) is 0.235. The van der Waals surface area contributed by atoms with E-state index in [4.69, 9.17) is 19.9 Å². The van der Waals surface area contributed by atoms with E-state index in [0.29, 0.717) is 29.8 Å². The first-order valence-electron chi connectivity index (χ1n) is 7.19. The first-order valence-corrected chi connectivity index (χ1v) is 7.98. The average molecular weight is 522 g/mol. The third-order valence-corrected chi connectivity index (χ3v) is 4.08. The largest absolute Gasteiger partial charge is 0.495 e. The molecule has 0 fully saturated rings. The molecule has 136 valence electrons. The third-order valence-electron chi connectivity index (χ3n) is 3.34. The minimum atomic E-state index is 0. The molecule has 25 heavy (non-hydrogen) atoms. The van der Waals surface area contributed by atoms with Crippen LogP contribution in [-0.4, -0.2) is 27.3 Å². The fourth-order valence-corrected chi connectivity index (χ4v) is 2.56.